The van der Waals surface area contributed by atoms with Crippen LogP contribution in [0.2, 0.25) is 0 Å². The molecule has 0 fully saturated rings. The van der Waals surface area contributed by atoms with E-state index in [9.17, 15) is 14.7 Å². The van der Waals surface area contributed by atoms with Crippen LogP contribution in [0.25, 0.3) is 11.3 Å². The first-order valence-electron chi connectivity index (χ1n) is 7.51. The van der Waals surface area contributed by atoms with E-state index in [0.29, 0.717) is 22.6 Å². The van der Waals surface area contributed by atoms with Gasteiger partial charge in [0.25, 0.3) is 5.91 Å². The summed E-state index contributed by atoms with van der Waals surface area (Å²) in [6.07, 6.45) is 1.29. The molecule has 25 heavy (non-hydrogen) atoms. The Morgan fingerprint density at radius 1 is 1.00 bits per heavy atom. The standard InChI is InChI=1S/C19H15NO5/c21-16-7-3-13(4-8-16)17-10-14(11-25-17)19(24)20-15-5-1-12(2-6-15)9-18(22)23/h1-8,10-11,21H,9H2,(H,20,24)(H,22,23). The number of carboxylic acid groups (broad SMARTS) is 1. The van der Waals surface area contributed by atoms with Crippen molar-refractivity contribution in [1.82, 2.24) is 0 Å². The summed E-state index contributed by atoms with van der Waals surface area (Å²) in [6, 6.07) is 14.7. The minimum absolute atomic E-state index is 0.0635. The number of phenols is 1. The Morgan fingerprint density at radius 3 is 2.32 bits per heavy atom. The van der Waals surface area contributed by atoms with Crippen molar-refractivity contribution < 1.29 is 24.2 Å². The number of aliphatic carboxylic acids is 1. The number of rotatable bonds is 5. The third kappa shape index (κ3) is 4.06. The molecule has 1 heterocycles. The van der Waals surface area contributed by atoms with Crippen molar-refractivity contribution >= 4 is 17.6 Å². The Hall–Kier alpha value is -3.54. The maximum atomic E-state index is 12.3. The summed E-state index contributed by atoms with van der Waals surface area (Å²) < 4.78 is 5.40. The smallest absolute Gasteiger partial charge is 0.307 e. The average molecular weight is 337 g/mol. The molecule has 126 valence electrons. The topological polar surface area (TPSA) is 99.8 Å². The lowest BCUT2D eigenvalue weighted by Crippen LogP contribution is -2.10. The van der Waals surface area contributed by atoms with Gasteiger partial charge >= 0.3 is 5.97 Å². The van der Waals surface area contributed by atoms with E-state index in [1.54, 1.807) is 42.5 Å². The van der Waals surface area contributed by atoms with Crippen molar-refractivity contribution in [1.29, 1.82) is 0 Å². The normalized spacial score (nSPS) is 10.4. The molecule has 2 aromatic carbocycles. The van der Waals surface area contributed by atoms with Crippen LogP contribution in [0.3, 0.4) is 0 Å². The van der Waals surface area contributed by atoms with Gasteiger partial charge in [0.2, 0.25) is 0 Å². The van der Waals surface area contributed by atoms with E-state index in [0.717, 1.165) is 5.56 Å². The summed E-state index contributed by atoms with van der Waals surface area (Å²) in [5.74, 6) is -0.571. The van der Waals surface area contributed by atoms with Gasteiger partial charge in [-0.15, -0.1) is 0 Å². The summed E-state index contributed by atoms with van der Waals surface area (Å²) in [4.78, 5) is 22.9. The molecule has 1 amide bonds. The van der Waals surface area contributed by atoms with Gasteiger partial charge < -0.3 is 19.9 Å². The van der Waals surface area contributed by atoms with Crippen LogP contribution >= 0.6 is 0 Å². The highest BCUT2D eigenvalue weighted by molar-refractivity contribution is 6.04. The second-order valence-corrected chi connectivity index (χ2v) is 5.47. The highest BCUT2D eigenvalue weighted by Gasteiger charge is 2.12. The van der Waals surface area contributed by atoms with Crippen LogP contribution in [0.1, 0.15) is 15.9 Å². The van der Waals surface area contributed by atoms with Crippen molar-refractivity contribution in [3.63, 3.8) is 0 Å². The van der Waals surface area contributed by atoms with Gasteiger partial charge in [-0.2, -0.15) is 0 Å². The second kappa shape index (κ2) is 6.92. The fourth-order valence-electron chi connectivity index (χ4n) is 2.32. The number of carbonyl (C=O) groups excluding carboxylic acids is 1. The molecule has 0 aliphatic carbocycles. The molecular formula is C19H15NO5. The second-order valence-electron chi connectivity index (χ2n) is 5.47. The predicted molar refractivity (Wildman–Crippen MR) is 91.5 cm³/mol. The number of aromatic hydroxyl groups is 1. The number of nitrogens with one attached hydrogen (secondary N) is 1. The highest BCUT2D eigenvalue weighted by atomic mass is 16.4. The van der Waals surface area contributed by atoms with Crippen LogP contribution in [0.5, 0.6) is 5.75 Å². The van der Waals surface area contributed by atoms with E-state index in [-0.39, 0.29) is 18.1 Å². The molecule has 0 aliphatic heterocycles. The maximum Gasteiger partial charge on any atom is 0.307 e. The number of phenolic OH excluding ortho intramolecular Hbond substituents is 1. The quantitative estimate of drug-likeness (QED) is 0.661. The summed E-state index contributed by atoms with van der Waals surface area (Å²) in [6.45, 7) is 0. The van der Waals surface area contributed by atoms with Crippen molar-refractivity contribution in [2.45, 2.75) is 6.42 Å². The van der Waals surface area contributed by atoms with Crippen molar-refractivity contribution in [2.75, 3.05) is 5.32 Å². The van der Waals surface area contributed by atoms with E-state index >= 15 is 0 Å². The Morgan fingerprint density at radius 2 is 1.68 bits per heavy atom. The van der Waals surface area contributed by atoms with E-state index in [1.165, 1.54) is 18.4 Å². The molecule has 0 spiro atoms. The zero-order valence-electron chi connectivity index (χ0n) is 13.1. The SMILES string of the molecule is O=C(O)Cc1ccc(NC(=O)c2coc(-c3ccc(O)cc3)c2)cc1. The molecule has 0 atom stereocenters. The largest absolute Gasteiger partial charge is 0.508 e. The van der Waals surface area contributed by atoms with E-state index < -0.39 is 5.97 Å². The molecule has 6 nitrogen and oxygen atoms in total. The molecule has 0 bridgehead atoms. The monoisotopic (exact) mass is 337 g/mol. The van der Waals surface area contributed by atoms with Crippen LogP contribution in [0.15, 0.2) is 65.3 Å². The van der Waals surface area contributed by atoms with Crippen LogP contribution in [-0.2, 0) is 11.2 Å². The molecule has 0 unspecified atom stereocenters. The van der Waals surface area contributed by atoms with Gasteiger partial charge in [0.1, 0.15) is 17.8 Å². The third-order valence-electron chi connectivity index (χ3n) is 3.58. The molecule has 6 heteroatoms. The number of furan rings is 1. The van der Waals surface area contributed by atoms with E-state index in [4.69, 9.17) is 9.52 Å². The number of carbonyl (C=O) groups is 2. The lowest BCUT2D eigenvalue weighted by atomic mass is 10.1. The van der Waals surface area contributed by atoms with Crippen LogP contribution in [0, 0.1) is 0 Å². The van der Waals surface area contributed by atoms with Crippen molar-refractivity contribution in [3.05, 3.63) is 72.0 Å². The Balaban J connectivity index is 1.69. The first-order valence-corrected chi connectivity index (χ1v) is 7.51. The molecule has 0 aliphatic rings. The number of carboxylic acids is 1. The number of hydrogen-bond donors (Lipinski definition) is 3. The van der Waals surface area contributed by atoms with Gasteiger partial charge in [-0.1, -0.05) is 12.1 Å². The average Bonchev–Trinajstić information content (AvgIpc) is 3.07. The zero-order chi connectivity index (χ0) is 17.8. The molecule has 3 rings (SSSR count). The number of hydrogen-bond acceptors (Lipinski definition) is 4. The maximum absolute atomic E-state index is 12.3. The van der Waals surface area contributed by atoms with Crippen molar-refractivity contribution in [3.8, 4) is 17.1 Å². The molecule has 1 aromatic heterocycles. The molecule has 3 aromatic rings. The molecule has 0 radical (unpaired) electrons. The minimum atomic E-state index is -0.906. The molecule has 3 N–H and O–H groups in total. The third-order valence-corrected chi connectivity index (χ3v) is 3.58. The zero-order valence-corrected chi connectivity index (χ0v) is 13.1. The fraction of sp³-hybridized carbons (Fsp3) is 0.0526. The molecule has 0 saturated heterocycles. The Bertz CT molecular complexity index is 894. The molecular weight excluding hydrogens is 322 g/mol. The van der Waals surface area contributed by atoms with E-state index in [2.05, 4.69) is 5.32 Å². The van der Waals surface area contributed by atoms with E-state index in [1.807, 2.05) is 0 Å². The van der Waals surface area contributed by atoms with Gasteiger partial charge in [-0.25, -0.2) is 0 Å². The summed E-state index contributed by atoms with van der Waals surface area (Å²) in [7, 11) is 0. The van der Waals surface area contributed by atoms with Crippen LogP contribution in [-0.4, -0.2) is 22.1 Å². The summed E-state index contributed by atoms with van der Waals surface area (Å²) >= 11 is 0. The van der Waals surface area contributed by atoms with Gasteiger partial charge in [-0.05, 0) is 48.0 Å². The lowest BCUT2D eigenvalue weighted by molar-refractivity contribution is -0.136. The Kier molecular flexibility index (Phi) is 4.52. The number of benzene rings is 2. The summed E-state index contributed by atoms with van der Waals surface area (Å²) in [5.41, 5.74) is 2.32. The van der Waals surface area contributed by atoms with Crippen molar-refractivity contribution in [2.24, 2.45) is 0 Å². The lowest BCUT2D eigenvalue weighted by Gasteiger charge is -2.04. The predicted octanol–water partition coefficient (Wildman–Crippen LogP) is 3.53. The summed E-state index contributed by atoms with van der Waals surface area (Å²) in [5, 5.41) is 20.8. The Labute approximate surface area is 143 Å². The van der Waals surface area contributed by atoms with Gasteiger partial charge in [0.15, 0.2) is 0 Å². The highest BCUT2D eigenvalue weighted by Crippen LogP contribution is 2.24. The minimum Gasteiger partial charge on any atom is -0.508 e. The fourth-order valence-corrected chi connectivity index (χ4v) is 2.32. The first kappa shape index (κ1) is 16.3. The molecule has 0 saturated carbocycles. The van der Waals surface area contributed by atoms with Crippen LogP contribution < -0.4 is 5.32 Å². The van der Waals surface area contributed by atoms with Gasteiger partial charge in [0.05, 0.1) is 12.0 Å². The number of anilines is 1. The van der Waals surface area contributed by atoms with Gasteiger partial charge in [0, 0.05) is 11.3 Å². The number of amides is 1. The first-order chi connectivity index (χ1) is 12.0. The van der Waals surface area contributed by atoms with Crippen LogP contribution in [0.4, 0.5) is 5.69 Å². The van der Waals surface area contributed by atoms with Gasteiger partial charge in [-0.3, -0.25) is 9.59 Å².